The maximum Gasteiger partial charge on any atom is 0.226 e. The van der Waals surface area contributed by atoms with Crippen molar-refractivity contribution < 1.29 is 4.79 Å². The summed E-state index contributed by atoms with van der Waals surface area (Å²) >= 11 is 0. The first kappa shape index (κ1) is 14.8. The largest absolute Gasteiger partial charge is 0.334 e. The van der Waals surface area contributed by atoms with Crippen LogP contribution in [0.4, 0.5) is 0 Å². The minimum Gasteiger partial charge on any atom is -0.334 e. The van der Waals surface area contributed by atoms with Gasteiger partial charge in [0.1, 0.15) is 0 Å². The summed E-state index contributed by atoms with van der Waals surface area (Å²) in [5, 5.41) is 0. The van der Waals surface area contributed by atoms with Crippen LogP contribution in [0.15, 0.2) is 35.9 Å². The number of hydrogen-bond acceptors (Lipinski definition) is 1. The van der Waals surface area contributed by atoms with Crippen molar-refractivity contribution in [1.29, 1.82) is 0 Å². The van der Waals surface area contributed by atoms with E-state index in [2.05, 4.69) is 45.9 Å². The molecular weight excluding hydrogens is 246 g/mol. The first-order chi connectivity index (χ1) is 9.38. The van der Waals surface area contributed by atoms with Crippen LogP contribution >= 0.6 is 0 Å². The molecule has 20 heavy (non-hydrogen) atoms. The lowest BCUT2D eigenvalue weighted by molar-refractivity contribution is -0.136. The Hall–Kier alpha value is -1.57. The van der Waals surface area contributed by atoms with Gasteiger partial charge < -0.3 is 4.90 Å². The molecule has 0 aliphatic heterocycles. The van der Waals surface area contributed by atoms with E-state index in [1.807, 2.05) is 23.1 Å². The van der Waals surface area contributed by atoms with Crippen molar-refractivity contribution >= 4 is 12.0 Å². The number of rotatable bonds is 4. The Balaban J connectivity index is 2.11. The summed E-state index contributed by atoms with van der Waals surface area (Å²) in [6.45, 7) is 9.16. The average molecular weight is 271 g/mol. The second kappa shape index (κ2) is 5.82. The van der Waals surface area contributed by atoms with E-state index in [4.69, 9.17) is 0 Å². The van der Waals surface area contributed by atoms with E-state index in [1.165, 1.54) is 11.1 Å². The van der Waals surface area contributed by atoms with Crippen molar-refractivity contribution in [2.45, 2.75) is 46.1 Å². The molecule has 1 aliphatic carbocycles. The molecule has 0 unspecified atom stereocenters. The van der Waals surface area contributed by atoms with Gasteiger partial charge in [-0.2, -0.15) is 0 Å². The Morgan fingerprint density at radius 1 is 1.25 bits per heavy atom. The summed E-state index contributed by atoms with van der Waals surface area (Å²) in [5.41, 5.74) is 2.30. The maximum absolute atomic E-state index is 12.4. The summed E-state index contributed by atoms with van der Waals surface area (Å²) in [7, 11) is 0. The third-order valence-electron chi connectivity index (χ3n) is 3.62. The minimum absolute atomic E-state index is 0.120. The predicted molar refractivity (Wildman–Crippen MR) is 84.3 cm³/mol. The average Bonchev–Trinajstić information content (AvgIpc) is 3.19. The highest BCUT2D eigenvalue weighted by Crippen LogP contribution is 2.33. The molecule has 2 nitrogen and oxygen atoms in total. The van der Waals surface area contributed by atoms with E-state index in [-0.39, 0.29) is 11.5 Å². The molecule has 0 spiro atoms. The van der Waals surface area contributed by atoms with E-state index >= 15 is 0 Å². The van der Waals surface area contributed by atoms with Gasteiger partial charge in [0.05, 0.1) is 0 Å². The van der Waals surface area contributed by atoms with Crippen molar-refractivity contribution in [3.05, 3.63) is 41.5 Å². The first-order valence-corrected chi connectivity index (χ1v) is 7.41. The van der Waals surface area contributed by atoms with E-state index in [0.29, 0.717) is 12.5 Å². The van der Waals surface area contributed by atoms with Crippen LogP contribution in [0.25, 0.3) is 6.08 Å². The maximum atomic E-state index is 12.4. The van der Waals surface area contributed by atoms with Crippen LogP contribution in [0.1, 0.15) is 46.1 Å². The predicted octanol–water partition coefficient (Wildman–Crippen LogP) is 4.13. The van der Waals surface area contributed by atoms with Crippen LogP contribution in [-0.2, 0) is 4.79 Å². The van der Waals surface area contributed by atoms with Gasteiger partial charge in [0.15, 0.2) is 0 Å². The zero-order chi connectivity index (χ0) is 14.8. The highest BCUT2D eigenvalue weighted by molar-refractivity contribution is 5.82. The molecule has 1 aromatic carbocycles. The van der Waals surface area contributed by atoms with Crippen LogP contribution in [0, 0.1) is 5.92 Å². The molecule has 0 heterocycles. The highest BCUT2D eigenvalue weighted by Gasteiger charge is 2.37. The number of benzene rings is 1. The Labute approximate surface area is 122 Å². The fourth-order valence-electron chi connectivity index (χ4n) is 2.33. The Kier molecular flexibility index (Phi) is 4.32. The zero-order valence-electron chi connectivity index (χ0n) is 13.0. The zero-order valence-corrected chi connectivity index (χ0v) is 13.0. The van der Waals surface area contributed by atoms with Crippen LogP contribution in [0.3, 0.4) is 0 Å². The van der Waals surface area contributed by atoms with Crippen molar-refractivity contribution in [2.75, 3.05) is 6.54 Å². The number of nitrogens with zero attached hydrogens (tertiary/aromatic N) is 1. The van der Waals surface area contributed by atoms with Gasteiger partial charge in [0, 0.05) is 18.0 Å². The lowest BCUT2D eigenvalue weighted by Crippen LogP contribution is -2.47. The Morgan fingerprint density at radius 3 is 2.35 bits per heavy atom. The topological polar surface area (TPSA) is 20.3 Å². The van der Waals surface area contributed by atoms with Crippen LogP contribution in [-0.4, -0.2) is 22.9 Å². The Morgan fingerprint density at radius 2 is 1.85 bits per heavy atom. The molecule has 1 fully saturated rings. The smallest absolute Gasteiger partial charge is 0.226 e. The Bertz CT molecular complexity index is 492. The van der Waals surface area contributed by atoms with E-state index < -0.39 is 0 Å². The normalized spacial score (nSPS) is 16.1. The molecule has 1 aromatic rings. The van der Waals surface area contributed by atoms with E-state index in [9.17, 15) is 4.79 Å². The summed E-state index contributed by atoms with van der Waals surface area (Å²) in [4.78, 5) is 14.5. The third kappa shape index (κ3) is 3.96. The lowest BCUT2D eigenvalue weighted by atomic mass is 10.0. The number of carbonyl (C=O) groups excluding carboxylic acids is 1. The molecule has 0 radical (unpaired) electrons. The second-order valence-corrected chi connectivity index (χ2v) is 6.77. The highest BCUT2D eigenvalue weighted by atomic mass is 16.2. The first-order valence-electron chi connectivity index (χ1n) is 7.41. The monoisotopic (exact) mass is 271 g/mol. The van der Waals surface area contributed by atoms with Crippen molar-refractivity contribution in [2.24, 2.45) is 5.92 Å². The van der Waals surface area contributed by atoms with Gasteiger partial charge in [0.25, 0.3) is 0 Å². The van der Waals surface area contributed by atoms with Gasteiger partial charge in [-0.05, 0) is 46.1 Å². The summed E-state index contributed by atoms with van der Waals surface area (Å²) in [5.74, 6) is 0.595. The van der Waals surface area contributed by atoms with Crippen LogP contribution < -0.4 is 0 Å². The lowest BCUT2D eigenvalue weighted by Gasteiger charge is -2.36. The van der Waals surface area contributed by atoms with E-state index in [0.717, 1.165) is 12.8 Å². The number of hydrogen-bond donors (Lipinski definition) is 0. The quantitative estimate of drug-likeness (QED) is 0.806. The minimum atomic E-state index is -0.120. The number of amides is 1. The summed E-state index contributed by atoms with van der Waals surface area (Å²) in [6.07, 6.45) is 4.29. The fourth-order valence-corrected chi connectivity index (χ4v) is 2.33. The van der Waals surface area contributed by atoms with Gasteiger partial charge >= 0.3 is 0 Å². The molecule has 0 N–H and O–H groups in total. The molecule has 2 heteroatoms. The van der Waals surface area contributed by atoms with Gasteiger partial charge in [-0.25, -0.2) is 0 Å². The molecule has 0 aromatic heterocycles. The second-order valence-electron chi connectivity index (χ2n) is 6.77. The summed E-state index contributed by atoms with van der Waals surface area (Å²) in [6, 6.07) is 10.3. The van der Waals surface area contributed by atoms with Gasteiger partial charge in [-0.3, -0.25) is 4.79 Å². The molecule has 108 valence electrons. The van der Waals surface area contributed by atoms with Gasteiger partial charge in [-0.1, -0.05) is 42.0 Å². The molecule has 0 atom stereocenters. The molecule has 0 saturated heterocycles. The third-order valence-corrected chi connectivity index (χ3v) is 3.62. The fraction of sp³-hybridized carbons (Fsp3) is 0.500. The van der Waals surface area contributed by atoms with Crippen molar-refractivity contribution in [1.82, 2.24) is 4.90 Å². The van der Waals surface area contributed by atoms with Gasteiger partial charge in [-0.15, -0.1) is 0 Å². The van der Waals surface area contributed by atoms with Gasteiger partial charge in [0.2, 0.25) is 5.91 Å². The molecule has 1 saturated carbocycles. The molecule has 2 rings (SSSR count). The standard InChI is InChI=1S/C18H25NO/c1-14(12-15-8-6-5-7-9-15)13-19(18(2,3)4)17(20)16-10-11-16/h5-9,12,16H,10-11,13H2,1-4H3/b14-12-. The van der Waals surface area contributed by atoms with Crippen molar-refractivity contribution in [3.63, 3.8) is 0 Å². The van der Waals surface area contributed by atoms with Crippen molar-refractivity contribution in [3.8, 4) is 0 Å². The summed E-state index contributed by atoms with van der Waals surface area (Å²) < 4.78 is 0. The number of carbonyl (C=O) groups is 1. The molecular formula is C18H25NO. The molecule has 0 bridgehead atoms. The van der Waals surface area contributed by atoms with E-state index in [1.54, 1.807) is 0 Å². The molecule has 1 aliphatic rings. The van der Waals surface area contributed by atoms with Crippen LogP contribution in [0.5, 0.6) is 0 Å². The SMILES string of the molecule is C/C(=C/c1ccccc1)CN(C(=O)C1CC1)C(C)(C)C. The van der Waals surface area contributed by atoms with Crippen LogP contribution in [0.2, 0.25) is 0 Å². The molecule has 1 amide bonds.